The number of hydrogen-bond donors (Lipinski definition) is 4. The average Bonchev–Trinajstić information content (AvgIpc) is 3.02. The van der Waals surface area contributed by atoms with Crippen LogP contribution in [0.2, 0.25) is 20.1 Å². The van der Waals surface area contributed by atoms with E-state index in [4.69, 9.17) is 46.4 Å². The fraction of sp³-hybridized carbons (Fsp3) is 0.133. The van der Waals surface area contributed by atoms with E-state index in [2.05, 4.69) is 47.5 Å². The van der Waals surface area contributed by atoms with Crippen molar-refractivity contribution in [3.05, 3.63) is 114 Å². The van der Waals surface area contributed by atoms with Gasteiger partial charge in [0.2, 0.25) is 23.8 Å². The van der Waals surface area contributed by atoms with Crippen LogP contribution in [0.25, 0.3) is 11.3 Å². The zero-order valence-corrected chi connectivity index (χ0v) is 26.6. The van der Waals surface area contributed by atoms with Crippen LogP contribution in [0.1, 0.15) is 16.7 Å². The lowest BCUT2D eigenvalue weighted by molar-refractivity contribution is 0.816. The van der Waals surface area contributed by atoms with Crippen molar-refractivity contribution in [3.63, 3.8) is 0 Å². The molecule has 0 aliphatic heterocycles. The molecule has 11 nitrogen and oxygen atoms in total. The molecular weight excluding hydrogens is 658 g/mol. The Morgan fingerprint density at radius 2 is 1.31 bits per heavy atom. The van der Waals surface area contributed by atoms with Crippen LogP contribution in [0.15, 0.2) is 71.5 Å². The molecule has 15 heteroatoms. The van der Waals surface area contributed by atoms with Gasteiger partial charge >= 0.3 is 0 Å². The number of anilines is 4. The summed E-state index contributed by atoms with van der Waals surface area (Å²) in [5.41, 5.74) is 8.40. The van der Waals surface area contributed by atoms with Crippen LogP contribution in [0.4, 0.5) is 23.8 Å². The summed E-state index contributed by atoms with van der Waals surface area (Å²) in [5.74, 6) is 0.726. The summed E-state index contributed by atoms with van der Waals surface area (Å²) in [6.45, 7) is 0.596. The number of hydrazine groups is 1. The molecule has 4 N–H and O–H groups in total. The first-order valence-corrected chi connectivity index (χ1v) is 14.9. The molecule has 5 rings (SSSR count). The molecule has 0 atom stereocenters. The summed E-state index contributed by atoms with van der Waals surface area (Å²) in [4.78, 5) is 31.3. The lowest BCUT2D eigenvalue weighted by atomic mass is 10.1. The molecule has 0 saturated heterocycles. The van der Waals surface area contributed by atoms with Gasteiger partial charge in [-0.3, -0.25) is 20.2 Å². The van der Waals surface area contributed by atoms with Crippen LogP contribution in [0.3, 0.4) is 0 Å². The van der Waals surface area contributed by atoms with Gasteiger partial charge in [-0.1, -0.05) is 88.9 Å². The standard InChI is InChI=1S/C30H24Cl4N10O/c1-44-26(45)22(11-12-35)25(17-5-3-2-4-6-17)38-30(44)43-42-29-40-27(36-15-18-7-9-20(31)13-23(18)33)39-28(41-29)37-16-19-8-10-21(32)14-24(19)34/h2-10,13-14H,11,15-16H2,1H3,(H,38,43)(H3,36,37,39,40,41,42). The predicted octanol–water partition coefficient (Wildman–Crippen LogP) is 6.98. The number of nitrogens with zero attached hydrogens (tertiary/aromatic N) is 6. The number of rotatable bonds is 11. The third-order valence-corrected chi connectivity index (χ3v) is 7.69. The molecule has 0 saturated carbocycles. The average molecular weight is 682 g/mol. The van der Waals surface area contributed by atoms with Crippen LogP contribution < -0.4 is 27.0 Å². The first kappa shape index (κ1) is 31.8. The number of benzene rings is 3. The topological polar surface area (TPSA) is 145 Å². The van der Waals surface area contributed by atoms with E-state index in [0.29, 0.717) is 44.4 Å². The van der Waals surface area contributed by atoms with Crippen molar-refractivity contribution in [2.75, 3.05) is 21.5 Å². The number of halogens is 4. The second kappa shape index (κ2) is 14.5. The Labute approximate surface area is 278 Å². The van der Waals surface area contributed by atoms with Crippen molar-refractivity contribution in [1.29, 1.82) is 5.26 Å². The van der Waals surface area contributed by atoms with Crippen LogP contribution in [-0.4, -0.2) is 24.5 Å². The van der Waals surface area contributed by atoms with Gasteiger partial charge in [-0.2, -0.15) is 20.2 Å². The SMILES string of the molecule is Cn1c(NNc2nc(NCc3ccc(Cl)cc3Cl)nc(NCc3ccc(Cl)cc3Cl)n2)nc(-c2ccccc2)c(CC#N)c1=O. The molecule has 0 aliphatic carbocycles. The van der Waals surface area contributed by atoms with E-state index in [1.807, 2.05) is 30.3 Å². The highest BCUT2D eigenvalue weighted by atomic mass is 35.5. The lowest BCUT2D eigenvalue weighted by Crippen LogP contribution is -2.28. The number of nitrogens with one attached hydrogen (secondary N) is 4. The maximum absolute atomic E-state index is 13.2. The first-order chi connectivity index (χ1) is 21.7. The van der Waals surface area contributed by atoms with Gasteiger partial charge in [-0.25, -0.2) is 4.98 Å². The van der Waals surface area contributed by atoms with E-state index in [1.165, 1.54) is 4.57 Å². The van der Waals surface area contributed by atoms with Gasteiger partial charge in [0.05, 0.1) is 23.7 Å². The molecule has 45 heavy (non-hydrogen) atoms. The van der Waals surface area contributed by atoms with Crippen molar-refractivity contribution < 1.29 is 0 Å². The van der Waals surface area contributed by atoms with Crippen molar-refractivity contribution in [3.8, 4) is 17.3 Å². The quantitative estimate of drug-likeness (QED) is 0.108. The van der Waals surface area contributed by atoms with Gasteiger partial charge in [-0.05, 0) is 35.4 Å². The summed E-state index contributed by atoms with van der Waals surface area (Å²) < 4.78 is 1.30. The van der Waals surface area contributed by atoms with Gasteiger partial charge in [0.1, 0.15) is 0 Å². The van der Waals surface area contributed by atoms with Gasteiger partial charge < -0.3 is 10.6 Å². The fourth-order valence-electron chi connectivity index (χ4n) is 4.21. The van der Waals surface area contributed by atoms with E-state index in [0.717, 1.165) is 11.1 Å². The molecule has 0 aliphatic rings. The summed E-state index contributed by atoms with van der Waals surface area (Å²) in [6.07, 6.45) is -0.0929. The van der Waals surface area contributed by atoms with E-state index < -0.39 is 0 Å². The number of hydrogen-bond acceptors (Lipinski definition) is 10. The Morgan fingerprint density at radius 1 is 0.756 bits per heavy atom. The molecule has 5 aromatic rings. The molecule has 228 valence electrons. The van der Waals surface area contributed by atoms with Crippen LogP contribution in [-0.2, 0) is 26.6 Å². The summed E-state index contributed by atoms with van der Waals surface area (Å²) >= 11 is 24.8. The largest absolute Gasteiger partial charge is 0.350 e. The van der Waals surface area contributed by atoms with Gasteiger partial charge in [-0.15, -0.1) is 0 Å². The Bertz CT molecular complexity index is 1870. The fourth-order valence-corrected chi connectivity index (χ4v) is 5.16. The van der Waals surface area contributed by atoms with Crippen LogP contribution >= 0.6 is 46.4 Å². The van der Waals surface area contributed by atoms with E-state index >= 15 is 0 Å². The predicted molar refractivity (Wildman–Crippen MR) is 179 cm³/mol. The van der Waals surface area contributed by atoms with E-state index in [-0.39, 0.29) is 41.3 Å². The third-order valence-electron chi connectivity index (χ3n) is 6.51. The maximum Gasteiger partial charge on any atom is 0.259 e. The minimum atomic E-state index is -0.366. The highest BCUT2D eigenvalue weighted by Gasteiger charge is 2.17. The molecule has 0 radical (unpaired) electrons. The Kier molecular flexibility index (Phi) is 10.2. The lowest BCUT2D eigenvalue weighted by Gasteiger charge is -2.16. The van der Waals surface area contributed by atoms with Crippen molar-refractivity contribution >= 4 is 70.2 Å². The Balaban J connectivity index is 1.43. The first-order valence-electron chi connectivity index (χ1n) is 13.4. The summed E-state index contributed by atoms with van der Waals surface area (Å²) in [6, 6.07) is 21.6. The maximum atomic E-state index is 13.2. The second-order valence-corrected chi connectivity index (χ2v) is 11.2. The number of nitriles is 1. The molecule has 0 amide bonds. The Hall–Kier alpha value is -4.60. The highest BCUT2D eigenvalue weighted by molar-refractivity contribution is 6.35. The molecule has 2 heterocycles. The van der Waals surface area contributed by atoms with E-state index in [1.54, 1.807) is 43.4 Å². The highest BCUT2D eigenvalue weighted by Crippen LogP contribution is 2.24. The molecular formula is C30H24Cl4N10O. The van der Waals surface area contributed by atoms with E-state index in [9.17, 15) is 10.1 Å². The van der Waals surface area contributed by atoms with Crippen LogP contribution in [0, 0.1) is 11.3 Å². The molecule has 2 aromatic heterocycles. The van der Waals surface area contributed by atoms with Crippen molar-refractivity contribution in [2.45, 2.75) is 19.5 Å². The normalized spacial score (nSPS) is 10.7. The molecule has 0 bridgehead atoms. The smallest absolute Gasteiger partial charge is 0.259 e. The monoisotopic (exact) mass is 680 g/mol. The molecule has 3 aromatic carbocycles. The minimum absolute atomic E-state index is 0.0929. The molecule has 0 unspecified atom stereocenters. The Morgan fingerprint density at radius 3 is 1.84 bits per heavy atom. The second-order valence-electron chi connectivity index (χ2n) is 9.56. The zero-order chi connectivity index (χ0) is 31.9. The molecule has 0 spiro atoms. The minimum Gasteiger partial charge on any atom is -0.350 e. The van der Waals surface area contributed by atoms with Crippen LogP contribution in [0.5, 0.6) is 0 Å². The van der Waals surface area contributed by atoms with Gasteiger partial charge in [0, 0.05) is 45.8 Å². The van der Waals surface area contributed by atoms with Gasteiger partial charge in [0.15, 0.2) is 0 Å². The van der Waals surface area contributed by atoms with Crippen molar-refractivity contribution in [2.24, 2.45) is 7.05 Å². The van der Waals surface area contributed by atoms with Crippen molar-refractivity contribution in [1.82, 2.24) is 24.5 Å². The van der Waals surface area contributed by atoms with Gasteiger partial charge in [0.25, 0.3) is 5.56 Å². The summed E-state index contributed by atoms with van der Waals surface area (Å²) in [5, 5.41) is 17.7. The summed E-state index contributed by atoms with van der Waals surface area (Å²) in [7, 11) is 1.55. The number of aromatic nitrogens is 5. The zero-order valence-electron chi connectivity index (χ0n) is 23.6. The molecule has 0 fully saturated rings. The third kappa shape index (κ3) is 7.92.